The van der Waals surface area contributed by atoms with Crippen molar-refractivity contribution in [2.24, 2.45) is 5.41 Å². The summed E-state index contributed by atoms with van der Waals surface area (Å²) in [5.41, 5.74) is 0.358. The fourth-order valence-electron chi connectivity index (χ4n) is 1.74. The normalized spacial score (nSPS) is 17.2. The second kappa shape index (κ2) is 4.75. The molecule has 1 aliphatic heterocycles. The summed E-state index contributed by atoms with van der Waals surface area (Å²) in [5, 5.41) is 8.87. The molecule has 0 saturated carbocycles. The lowest BCUT2D eigenvalue weighted by Crippen LogP contribution is -2.46. The van der Waals surface area contributed by atoms with Gasteiger partial charge in [-0.15, -0.1) is 0 Å². The van der Waals surface area contributed by atoms with Gasteiger partial charge in [0.05, 0.1) is 30.8 Å². The predicted octanol–water partition coefficient (Wildman–Crippen LogP) is 2.19. The van der Waals surface area contributed by atoms with Gasteiger partial charge >= 0.3 is 5.97 Å². The molecule has 92 valence electrons. The Hall–Kier alpha value is -1.55. The van der Waals surface area contributed by atoms with Crippen molar-refractivity contribution in [2.75, 3.05) is 19.8 Å². The van der Waals surface area contributed by atoms with Crippen LogP contribution in [-0.4, -0.2) is 30.9 Å². The van der Waals surface area contributed by atoms with Crippen molar-refractivity contribution in [2.45, 2.75) is 13.3 Å². The summed E-state index contributed by atoms with van der Waals surface area (Å²) >= 11 is 0. The van der Waals surface area contributed by atoms with E-state index < -0.39 is 5.97 Å². The van der Waals surface area contributed by atoms with Crippen LogP contribution in [0.3, 0.4) is 0 Å². The lowest BCUT2D eigenvalue weighted by atomic mass is 9.84. The van der Waals surface area contributed by atoms with E-state index in [0.29, 0.717) is 12.4 Å². The van der Waals surface area contributed by atoms with E-state index in [1.54, 1.807) is 24.3 Å². The molecule has 1 aromatic carbocycles. The smallest absolute Gasteiger partial charge is 0.335 e. The highest BCUT2D eigenvalue weighted by Gasteiger charge is 2.37. The first kappa shape index (κ1) is 11.9. The quantitative estimate of drug-likeness (QED) is 0.851. The Kier molecular flexibility index (Phi) is 3.33. The Morgan fingerprint density at radius 1 is 1.53 bits per heavy atom. The highest BCUT2D eigenvalue weighted by Crippen LogP contribution is 2.32. The van der Waals surface area contributed by atoms with Gasteiger partial charge in [-0.05, 0) is 24.6 Å². The van der Waals surface area contributed by atoms with Gasteiger partial charge in [0, 0.05) is 0 Å². The molecule has 0 aromatic heterocycles. The molecule has 17 heavy (non-hydrogen) atoms. The summed E-state index contributed by atoms with van der Waals surface area (Å²) in [6, 6.07) is 6.56. The van der Waals surface area contributed by atoms with Crippen LogP contribution in [0.5, 0.6) is 5.75 Å². The average molecular weight is 236 g/mol. The molecular formula is C13H16O4. The molecule has 4 nitrogen and oxygen atoms in total. The number of aromatic carboxylic acids is 1. The van der Waals surface area contributed by atoms with Crippen LogP contribution in [0.2, 0.25) is 0 Å². The minimum absolute atomic E-state index is 0.110. The minimum atomic E-state index is -0.937. The second-order valence-electron chi connectivity index (χ2n) is 4.47. The average Bonchev–Trinajstić information content (AvgIpc) is 2.28. The summed E-state index contributed by atoms with van der Waals surface area (Å²) in [7, 11) is 0. The molecule has 0 atom stereocenters. The van der Waals surface area contributed by atoms with Gasteiger partial charge in [0.1, 0.15) is 5.75 Å². The third-order valence-corrected chi connectivity index (χ3v) is 3.19. The number of carbonyl (C=O) groups is 1. The molecule has 1 aromatic rings. The maximum atomic E-state index is 10.8. The highest BCUT2D eigenvalue weighted by atomic mass is 16.5. The highest BCUT2D eigenvalue weighted by molar-refractivity contribution is 5.87. The summed E-state index contributed by atoms with van der Waals surface area (Å²) in [6.07, 6.45) is 1.01. The second-order valence-corrected chi connectivity index (χ2v) is 4.47. The van der Waals surface area contributed by atoms with Crippen LogP contribution in [0.4, 0.5) is 0 Å². The Labute approximate surface area is 100 Å². The largest absolute Gasteiger partial charge is 0.493 e. The van der Waals surface area contributed by atoms with Gasteiger partial charge in [-0.1, -0.05) is 13.0 Å². The van der Waals surface area contributed by atoms with Crippen molar-refractivity contribution >= 4 is 5.97 Å². The molecule has 1 aliphatic rings. The molecule has 1 saturated heterocycles. The lowest BCUT2D eigenvalue weighted by Gasteiger charge is -2.40. The zero-order valence-corrected chi connectivity index (χ0v) is 9.81. The van der Waals surface area contributed by atoms with E-state index in [4.69, 9.17) is 14.6 Å². The SMILES string of the molecule is CCC1(COc2cccc(C(=O)O)c2)COC1. The number of hydrogen-bond donors (Lipinski definition) is 1. The van der Waals surface area contributed by atoms with Crippen molar-refractivity contribution in [3.05, 3.63) is 29.8 Å². The molecule has 1 N–H and O–H groups in total. The van der Waals surface area contributed by atoms with Gasteiger partial charge in [0.2, 0.25) is 0 Å². The molecule has 4 heteroatoms. The monoisotopic (exact) mass is 236 g/mol. The van der Waals surface area contributed by atoms with E-state index in [1.165, 1.54) is 0 Å². The first-order valence-corrected chi connectivity index (χ1v) is 5.69. The van der Waals surface area contributed by atoms with Crippen molar-refractivity contribution in [1.82, 2.24) is 0 Å². The van der Waals surface area contributed by atoms with E-state index in [2.05, 4.69) is 6.92 Å². The zero-order valence-electron chi connectivity index (χ0n) is 9.81. The Balaban J connectivity index is 1.99. The molecule has 0 amide bonds. The number of rotatable bonds is 5. The first-order chi connectivity index (χ1) is 8.15. The maximum Gasteiger partial charge on any atom is 0.335 e. The Morgan fingerprint density at radius 2 is 2.29 bits per heavy atom. The van der Waals surface area contributed by atoms with Gasteiger partial charge in [0.25, 0.3) is 0 Å². The molecular weight excluding hydrogens is 220 g/mol. The zero-order chi connectivity index (χ0) is 12.3. The number of ether oxygens (including phenoxy) is 2. The fraction of sp³-hybridized carbons (Fsp3) is 0.462. The maximum absolute atomic E-state index is 10.8. The van der Waals surface area contributed by atoms with E-state index in [-0.39, 0.29) is 11.0 Å². The van der Waals surface area contributed by atoms with Crippen LogP contribution in [0.1, 0.15) is 23.7 Å². The Morgan fingerprint density at radius 3 is 2.82 bits per heavy atom. The third kappa shape index (κ3) is 2.58. The van der Waals surface area contributed by atoms with E-state index in [0.717, 1.165) is 19.6 Å². The van der Waals surface area contributed by atoms with Crippen molar-refractivity contribution in [3.8, 4) is 5.75 Å². The van der Waals surface area contributed by atoms with Gasteiger partial charge in [-0.2, -0.15) is 0 Å². The van der Waals surface area contributed by atoms with Crippen LogP contribution < -0.4 is 4.74 Å². The van der Waals surface area contributed by atoms with Crippen LogP contribution in [-0.2, 0) is 4.74 Å². The van der Waals surface area contributed by atoms with Crippen LogP contribution in [0.25, 0.3) is 0 Å². The fourth-order valence-corrected chi connectivity index (χ4v) is 1.74. The number of carboxylic acid groups (broad SMARTS) is 1. The van der Waals surface area contributed by atoms with E-state index >= 15 is 0 Å². The Bertz CT molecular complexity index is 404. The third-order valence-electron chi connectivity index (χ3n) is 3.19. The topological polar surface area (TPSA) is 55.8 Å². The molecule has 0 unspecified atom stereocenters. The number of carboxylic acids is 1. The summed E-state index contributed by atoms with van der Waals surface area (Å²) in [4.78, 5) is 10.8. The number of benzene rings is 1. The van der Waals surface area contributed by atoms with Crippen molar-refractivity contribution in [1.29, 1.82) is 0 Å². The first-order valence-electron chi connectivity index (χ1n) is 5.69. The van der Waals surface area contributed by atoms with Gasteiger partial charge in [-0.3, -0.25) is 0 Å². The summed E-state index contributed by atoms with van der Waals surface area (Å²) in [6.45, 7) is 4.14. The number of hydrogen-bond acceptors (Lipinski definition) is 3. The van der Waals surface area contributed by atoms with Crippen molar-refractivity contribution < 1.29 is 19.4 Å². The van der Waals surface area contributed by atoms with Gasteiger partial charge in [-0.25, -0.2) is 4.79 Å². The van der Waals surface area contributed by atoms with Gasteiger partial charge in [0.15, 0.2) is 0 Å². The standard InChI is InChI=1S/C13H16O4/c1-2-13(7-16-8-13)9-17-11-5-3-4-10(6-11)12(14)15/h3-6H,2,7-9H2,1H3,(H,14,15). The van der Waals surface area contributed by atoms with Crippen LogP contribution in [0, 0.1) is 5.41 Å². The summed E-state index contributed by atoms with van der Waals surface area (Å²) in [5.74, 6) is -0.336. The van der Waals surface area contributed by atoms with Crippen LogP contribution in [0.15, 0.2) is 24.3 Å². The predicted molar refractivity (Wildman–Crippen MR) is 62.4 cm³/mol. The molecule has 2 rings (SSSR count). The van der Waals surface area contributed by atoms with Crippen LogP contribution >= 0.6 is 0 Å². The molecule has 0 aliphatic carbocycles. The van der Waals surface area contributed by atoms with Gasteiger partial charge < -0.3 is 14.6 Å². The van der Waals surface area contributed by atoms with E-state index in [9.17, 15) is 4.79 Å². The van der Waals surface area contributed by atoms with E-state index in [1.807, 2.05) is 0 Å². The molecule has 1 heterocycles. The van der Waals surface area contributed by atoms with Crippen molar-refractivity contribution in [3.63, 3.8) is 0 Å². The summed E-state index contributed by atoms with van der Waals surface area (Å²) < 4.78 is 10.9. The minimum Gasteiger partial charge on any atom is -0.493 e. The molecule has 0 bridgehead atoms. The molecule has 1 fully saturated rings. The molecule has 0 radical (unpaired) electrons. The molecule has 0 spiro atoms. The lowest BCUT2D eigenvalue weighted by molar-refractivity contribution is -0.133.